The highest BCUT2D eigenvalue weighted by atomic mass is 15.1. The summed E-state index contributed by atoms with van der Waals surface area (Å²) in [5, 5.41) is 8.69. The highest BCUT2D eigenvalue weighted by molar-refractivity contribution is 6.08. The van der Waals surface area contributed by atoms with Gasteiger partial charge in [0, 0.05) is 40.9 Å². The van der Waals surface area contributed by atoms with E-state index in [-0.39, 0.29) is 0 Å². The van der Waals surface area contributed by atoms with Crippen LogP contribution in [0.4, 0.5) is 17.1 Å². The van der Waals surface area contributed by atoms with E-state index in [0.29, 0.717) is 0 Å². The Bertz CT molecular complexity index is 1030. The van der Waals surface area contributed by atoms with Crippen molar-refractivity contribution in [3.8, 4) is 0 Å². The summed E-state index contributed by atoms with van der Waals surface area (Å²) >= 11 is 0. The molecular weight excluding hydrogens is 316 g/mol. The van der Waals surface area contributed by atoms with Gasteiger partial charge in [-0.15, -0.1) is 0 Å². The first-order valence-electron chi connectivity index (χ1n) is 9.32. The van der Waals surface area contributed by atoms with Crippen molar-refractivity contribution in [2.75, 3.05) is 23.3 Å². The Morgan fingerprint density at radius 1 is 0.692 bits per heavy atom. The molecule has 0 saturated carbocycles. The molecule has 26 heavy (non-hydrogen) atoms. The van der Waals surface area contributed by atoms with E-state index in [2.05, 4.69) is 96.9 Å². The molecule has 0 aromatic heterocycles. The number of benzene rings is 4. The normalized spacial score (nSPS) is 11.0. The first-order chi connectivity index (χ1) is 12.8. The fourth-order valence-corrected chi connectivity index (χ4v) is 3.66. The van der Waals surface area contributed by atoms with E-state index in [9.17, 15) is 0 Å². The summed E-state index contributed by atoms with van der Waals surface area (Å²) < 4.78 is 0. The van der Waals surface area contributed by atoms with Crippen molar-refractivity contribution in [1.82, 2.24) is 0 Å². The predicted octanol–water partition coefficient (Wildman–Crippen LogP) is 6.58. The maximum Gasteiger partial charge on any atom is 0.0464 e. The van der Waals surface area contributed by atoms with Crippen LogP contribution in [0, 0.1) is 0 Å². The standard InChI is InChI=1S/C24H24N2/c1-3-26(4-2)24-15-9-11-19-16-18-10-8-14-23(21(18)17-22(19)24)25-20-12-6-5-7-13-20/h5-17,25H,3-4H2,1-2H3. The minimum atomic E-state index is 1.01. The summed E-state index contributed by atoms with van der Waals surface area (Å²) in [6.07, 6.45) is 0. The number of rotatable bonds is 5. The summed E-state index contributed by atoms with van der Waals surface area (Å²) in [5.74, 6) is 0. The number of hydrogen-bond donors (Lipinski definition) is 1. The zero-order valence-electron chi connectivity index (χ0n) is 15.4. The predicted molar refractivity (Wildman–Crippen MR) is 115 cm³/mol. The SMILES string of the molecule is CCN(CC)c1cccc2cc3cccc(Nc4ccccc4)c3cc12. The summed E-state index contributed by atoms with van der Waals surface area (Å²) in [4.78, 5) is 2.42. The van der Waals surface area contributed by atoms with Crippen molar-refractivity contribution in [2.24, 2.45) is 0 Å². The molecule has 1 N–H and O–H groups in total. The second kappa shape index (κ2) is 7.09. The van der Waals surface area contributed by atoms with Crippen LogP contribution in [0.5, 0.6) is 0 Å². The molecule has 0 fully saturated rings. The summed E-state index contributed by atoms with van der Waals surface area (Å²) in [6.45, 7) is 6.45. The summed E-state index contributed by atoms with van der Waals surface area (Å²) in [6, 6.07) is 28.0. The Hall–Kier alpha value is -3.00. The second-order valence-electron chi connectivity index (χ2n) is 6.54. The number of nitrogens with one attached hydrogen (secondary N) is 1. The zero-order chi connectivity index (χ0) is 17.9. The average molecular weight is 340 g/mol. The minimum Gasteiger partial charge on any atom is -0.372 e. The maximum absolute atomic E-state index is 3.57. The van der Waals surface area contributed by atoms with Crippen molar-refractivity contribution in [3.05, 3.63) is 78.9 Å². The summed E-state index contributed by atoms with van der Waals surface area (Å²) in [5.41, 5.74) is 3.56. The smallest absolute Gasteiger partial charge is 0.0464 e. The van der Waals surface area contributed by atoms with E-state index in [0.717, 1.165) is 24.5 Å². The van der Waals surface area contributed by atoms with Crippen LogP contribution in [0.25, 0.3) is 21.5 Å². The molecule has 0 spiro atoms. The van der Waals surface area contributed by atoms with Gasteiger partial charge >= 0.3 is 0 Å². The average Bonchev–Trinajstić information content (AvgIpc) is 2.69. The lowest BCUT2D eigenvalue weighted by Gasteiger charge is -2.23. The molecule has 4 aromatic carbocycles. The van der Waals surface area contributed by atoms with Crippen molar-refractivity contribution in [3.63, 3.8) is 0 Å². The number of para-hydroxylation sites is 1. The van der Waals surface area contributed by atoms with E-state index < -0.39 is 0 Å². The topological polar surface area (TPSA) is 15.3 Å². The van der Waals surface area contributed by atoms with Gasteiger partial charge < -0.3 is 10.2 Å². The van der Waals surface area contributed by atoms with Gasteiger partial charge in [0.15, 0.2) is 0 Å². The molecule has 0 saturated heterocycles. The lowest BCUT2D eigenvalue weighted by atomic mass is 10.0. The number of anilines is 3. The number of nitrogens with zero attached hydrogens (tertiary/aromatic N) is 1. The van der Waals surface area contributed by atoms with Gasteiger partial charge in [-0.3, -0.25) is 0 Å². The Labute approximate surface area is 155 Å². The first kappa shape index (κ1) is 16.5. The lowest BCUT2D eigenvalue weighted by Crippen LogP contribution is -2.21. The molecule has 130 valence electrons. The fraction of sp³-hybridized carbons (Fsp3) is 0.167. The molecule has 0 aliphatic carbocycles. The lowest BCUT2D eigenvalue weighted by molar-refractivity contribution is 0.871. The quantitative estimate of drug-likeness (QED) is 0.413. The number of hydrogen-bond acceptors (Lipinski definition) is 2. The van der Waals surface area contributed by atoms with Crippen molar-refractivity contribution < 1.29 is 0 Å². The van der Waals surface area contributed by atoms with Gasteiger partial charge in [-0.1, -0.05) is 42.5 Å². The van der Waals surface area contributed by atoms with Crippen LogP contribution in [0.3, 0.4) is 0 Å². The van der Waals surface area contributed by atoms with Crippen LogP contribution in [0.1, 0.15) is 13.8 Å². The molecule has 0 aliphatic rings. The van der Waals surface area contributed by atoms with Gasteiger partial charge in [0.05, 0.1) is 0 Å². The Morgan fingerprint density at radius 2 is 1.38 bits per heavy atom. The summed E-state index contributed by atoms with van der Waals surface area (Å²) in [7, 11) is 0. The highest BCUT2D eigenvalue weighted by Crippen LogP contribution is 2.34. The molecular formula is C24H24N2. The third-order valence-electron chi connectivity index (χ3n) is 5.01. The van der Waals surface area contributed by atoms with Crippen LogP contribution in [-0.2, 0) is 0 Å². The van der Waals surface area contributed by atoms with E-state index >= 15 is 0 Å². The second-order valence-corrected chi connectivity index (χ2v) is 6.54. The monoisotopic (exact) mass is 340 g/mol. The molecule has 0 heterocycles. The fourth-order valence-electron chi connectivity index (χ4n) is 3.66. The molecule has 4 aromatic rings. The Morgan fingerprint density at radius 3 is 2.12 bits per heavy atom. The third-order valence-corrected chi connectivity index (χ3v) is 5.01. The first-order valence-corrected chi connectivity index (χ1v) is 9.32. The Balaban J connectivity index is 1.91. The van der Waals surface area contributed by atoms with Crippen LogP contribution in [-0.4, -0.2) is 13.1 Å². The van der Waals surface area contributed by atoms with Crippen LogP contribution in [0.2, 0.25) is 0 Å². The van der Waals surface area contributed by atoms with E-state index in [1.807, 2.05) is 6.07 Å². The molecule has 0 unspecified atom stereocenters. The van der Waals surface area contributed by atoms with Gasteiger partial charge in [-0.25, -0.2) is 0 Å². The van der Waals surface area contributed by atoms with E-state index in [1.165, 1.54) is 27.2 Å². The molecule has 0 amide bonds. The molecule has 0 atom stereocenters. The van der Waals surface area contributed by atoms with Crippen LogP contribution < -0.4 is 10.2 Å². The van der Waals surface area contributed by atoms with Gasteiger partial charge in [-0.05, 0) is 61.0 Å². The molecule has 2 heteroatoms. The van der Waals surface area contributed by atoms with Crippen LogP contribution in [0.15, 0.2) is 78.9 Å². The van der Waals surface area contributed by atoms with E-state index in [4.69, 9.17) is 0 Å². The van der Waals surface area contributed by atoms with Gasteiger partial charge in [0.1, 0.15) is 0 Å². The largest absolute Gasteiger partial charge is 0.372 e. The molecule has 0 aliphatic heterocycles. The molecule has 0 bridgehead atoms. The van der Waals surface area contributed by atoms with Gasteiger partial charge in [0.2, 0.25) is 0 Å². The van der Waals surface area contributed by atoms with E-state index in [1.54, 1.807) is 0 Å². The third kappa shape index (κ3) is 2.99. The van der Waals surface area contributed by atoms with Crippen molar-refractivity contribution in [1.29, 1.82) is 0 Å². The molecule has 0 radical (unpaired) electrons. The van der Waals surface area contributed by atoms with Crippen molar-refractivity contribution >= 4 is 38.6 Å². The number of fused-ring (bicyclic) bond motifs is 2. The maximum atomic E-state index is 3.57. The van der Waals surface area contributed by atoms with Crippen LogP contribution >= 0.6 is 0 Å². The highest BCUT2D eigenvalue weighted by Gasteiger charge is 2.10. The molecule has 2 nitrogen and oxygen atoms in total. The zero-order valence-corrected chi connectivity index (χ0v) is 15.4. The Kier molecular flexibility index (Phi) is 4.49. The van der Waals surface area contributed by atoms with Gasteiger partial charge in [-0.2, -0.15) is 0 Å². The molecule has 4 rings (SSSR count). The minimum absolute atomic E-state index is 1.01. The van der Waals surface area contributed by atoms with Crippen molar-refractivity contribution in [2.45, 2.75) is 13.8 Å². The van der Waals surface area contributed by atoms with Gasteiger partial charge in [0.25, 0.3) is 0 Å².